The molecule has 2 amide bonds. The Bertz CT molecular complexity index is 1280. The monoisotopic (exact) mass is 571 g/mol. The summed E-state index contributed by atoms with van der Waals surface area (Å²) in [6, 6.07) is 4.38. The second-order valence-corrected chi connectivity index (χ2v) is 13.7. The fourth-order valence-corrected chi connectivity index (χ4v) is 7.44. The number of hydrogen-bond acceptors (Lipinski definition) is 6. The van der Waals surface area contributed by atoms with E-state index in [1.807, 2.05) is 13.8 Å². The number of halogens is 3. The third kappa shape index (κ3) is 5.90. The zero-order valence-corrected chi connectivity index (χ0v) is 23.2. The molecular formula is C26H32F3N3O4S2. The number of hydrogen-bond donors (Lipinski definition) is 1. The number of thiophene rings is 1. The van der Waals surface area contributed by atoms with Crippen LogP contribution in [-0.4, -0.2) is 48.6 Å². The third-order valence-electron chi connectivity index (χ3n) is 7.44. The molecule has 4 rings (SSSR count). The van der Waals surface area contributed by atoms with Crippen LogP contribution in [-0.2, 0) is 16.4 Å². The highest BCUT2D eigenvalue weighted by molar-refractivity contribution is 7.91. The van der Waals surface area contributed by atoms with Crippen LogP contribution in [0.4, 0.5) is 13.2 Å². The van der Waals surface area contributed by atoms with Crippen molar-refractivity contribution in [1.29, 1.82) is 0 Å². The van der Waals surface area contributed by atoms with Gasteiger partial charge in [0.2, 0.25) is 0 Å². The lowest BCUT2D eigenvalue weighted by molar-refractivity contribution is -0.184. The largest absolute Gasteiger partial charge is 0.391 e. The molecule has 1 fully saturated rings. The minimum Gasteiger partial charge on any atom is -0.346 e. The number of carbonyl (C=O) groups is 2. The van der Waals surface area contributed by atoms with E-state index in [1.54, 1.807) is 24.0 Å². The number of rotatable bonds is 8. The van der Waals surface area contributed by atoms with Gasteiger partial charge in [-0.3, -0.25) is 14.6 Å². The highest BCUT2D eigenvalue weighted by Crippen LogP contribution is 2.46. The van der Waals surface area contributed by atoms with Crippen molar-refractivity contribution in [2.75, 3.05) is 12.3 Å². The standard InChI is InChI=1S/C26H32F3N3O4S2/c1-4-38(35,36)19-10-9-18(30-13-19)12-31-24(33)21-11-20-23(37-21)22(15(2)3)32(25(20)34)14-16-5-7-17(8-6-16)26(27,28)29/h9-11,13,15-17,22H,4-8,12,14H2,1-3H3,(H,31,33)/t16-,17-,22-/m1/s1. The zero-order chi connectivity index (χ0) is 27.8. The van der Waals surface area contributed by atoms with Crippen LogP contribution in [0.5, 0.6) is 0 Å². The topological polar surface area (TPSA) is 96.4 Å². The average Bonchev–Trinajstić information content (AvgIpc) is 3.41. The Labute approximate surface area is 224 Å². The first-order chi connectivity index (χ1) is 17.8. The van der Waals surface area contributed by atoms with E-state index in [2.05, 4.69) is 10.3 Å². The first-order valence-corrected chi connectivity index (χ1v) is 15.3. The Hall–Kier alpha value is -2.47. The summed E-state index contributed by atoms with van der Waals surface area (Å²) >= 11 is 1.26. The molecule has 3 heterocycles. The van der Waals surface area contributed by atoms with Crippen molar-refractivity contribution in [3.8, 4) is 0 Å². The molecule has 0 unspecified atom stereocenters. The van der Waals surface area contributed by atoms with Crippen molar-refractivity contribution >= 4 is 33.0 Å². The molecule has 0 spiro atoms. The maximum absolute atomic E-state index is 13.3. The number of amides is 2. The van der Waals surface area contributed by atoms with Gasteiger partial charge < -0.3 is 10.2 Å². The predicted molar refractivity (Wildman–Crippen MR) is 138 cm³/mol. The molecule has 0 radical (unpaired) electrons. The van der Waals surface area contributed by atoms with Gasteiger partial charge in [0.1, 0.15) is 0 Å². The van der Waals surface area contributed by atoms with Crippen molar-refractivity contribution in [2.45, 2.75) is 70.1 Å². The van der Waals surface area contributed by atoms with E-state index >= 15 is 0 Å². The number of sulfone groups is 1. The number of nitrogens with one attached hydrogen (secondary N) is 1. The van der Waals surface area contributed by atoms with Gasteiger partial charge in [0.15, 0.2) is 9.84 Å². The van der Waals surface area contributed by atoms with Crippen LogP contribution in [0.25, 0.3) is 0 Å². The van der Waals surface area contributed by atoms with Crippen molar-refractivity contribution in [3.05, 3.63) is 45.4 Å². The summed E-state index contributed by atoms with van der Waals surface area (Å²) in [5, 5.41) is 2.77. The molecule has 1 aliphatic heterocycles. The van der Waals surface area contributed by atoms with Gasteiger partial charge in [-0.05, 0) is 55.7 Å². The highest BCUT2D eigenvalue weighted by Gasteiger charge is 2.44. The molecule has 1 atom stereocenters. The molecule has 0 bridgehead atoms. The average molecular weight is 572 g/mol. The lowest BCUT2D eigenvalue weighted by Crippen LogP contribution is -2.37. The first kappa shape index (κ1) is 28.5. The van der Waals surface area contributed by atoms with Crippen LogP contribution in [0.3, 0.4) is 0 Å². The highest BCUT2D eigenvalue weighted by atomic mass is 32.2. The lowest BCUT2D eigenvalue weighted by atomic mass is 9.81. The maximum Gasteiger partial charge on any atom is 0.391 e. The van der Waals surface area contributed by atoms with Gasteiger partial charge in [-0.25, -0.2) is 8.42 Å². The third-order valence-corrected chi connectivity index (χ3v) is 10.4. The number of carbonyl (C=O) groups excluding carboxylic acids is 2. The Kier molecular flexibility index (Phi) is 8.23. The molecule has 1 saturated carbocycles. The summed E-state index contributed by atoms with van der Waals surface area (Å²) in [4.78, 5) is 33.4. The van der Waals surface area contributed by atoms with Crippen LogP contribution in [0.1, 0.15) is 83.1 Å². The van der Waals surface area contributed by atoms with E-state index in [1.165, 1.54) is 23.6 Å². The Morgan fingerprint density at radius 1 is 1.21 bits per heavy atom. The van der Waals surface area contributed by atoms with Crippen LogP contribution in [0, 0.1) is 17.8 Å². The molecule has 1 N–H and O–H groups in total. The molecule has 1 aliphatic carbocycles. The summed E-state index contributed by atoms with van der Waals surface area (Å²) in [6.07, 6.45) is -1.80. The smallest absolute Gasteiger partial charge is 0.346 e. The quantitative estimate of drug-likeness (QED) is 0.459. The summed E-state index contributed by atoms with van der Waals surface area (Å²) in [5.41, 5.74) is 0.982. The maximum atomic E-state index is 13.3. The van der Waals surface area contributed by atoms with Gasteiger partial charge in [-0.15, -0.1) is 11.3 Å². The molecular weight excluding hydrogens is 539 g/mol. The van der Waals surface area contributed by atoms with Crippen molar-refractivity contribution < 1.29 is 31.2 Å². The Morgan fingerprint density at radius 3 is 2.45 bits per heavy atom. The van der Waals surface area contributed by atoms with E-state index < -0.39 is 21.9 Å². The predicted octanol–water partition coefficient (Wildman–Crippen LogP) is 5.39. The van der Waals surface area contributed by atoms with Crippen molar-refractivity contribution in [2.24, 2.45) is 17.8 Å². The van der Waals surface area contributed by atoms with E-state index in [0.717, 1.165) is 4.88 Å². The van der Waals surface area contributed by atoms with Gasteiger partial charge in [0.05, 0.1) is 45.3 Å². The van der Waals surface area contributed by atoms with E-state index in [-0.39, 0.29) is 59.7 Å². The molecule has 2 aliphatic rings. The Balaban J connectivity index is 1.40. The van der Waals surface area contributed by atoms with Crippen LogP contribution < -0.4 is 5.32 Å². The SMILES string of the molecule is CCS(=O)(=O)c1ccc(CNC(=O)c2cc3c(s2)[C@@H](C(C)C)N(C[C@H]2CC[C@H](C(F)(F)F)CC2)C3=O)nc1. The first-order valence-electron chi connectivity index (χ1n) is 12.8. The molecule has 12 heteroatoms. The summed E-state index contributed by atoms with van der Waals surface area (Å²) in [6.45, 7) is 6.06. The summed E-state index contributed by atoms with van der Waals surface area (Å²) < 4.78 is 63.0. The molecule has 38 heavy (non-hydrogen) atoms. The van der Waals surface area contributed by atoms with Gasteiger partial charge in [0, 0.05) is 17.6 Å². The van der Waals surface area contributed by atoms with Crippen LogP contribution in [0.2, 0.25) is 0 Å². The summed E-state index contributed by atoms with van der Waals surface area (Å²) in [7, 11) is -3.36. The van der Waals surface area contributed by atoms with E-state index in [9.17, 15) is 31.2 Å². The van der Waals surface area contributed by atoms with Gasteiger partial charge in [0.25, 0.3) is 11.8 Å². The minimum atomic E-state index is -4.16. The second-order valence-electron chi connectivity index (χ2n) is 10.4. The molecule has 7 nitrogen and oxygen atoms in total. The minimum absolute atomic E-state index is 0.0273. The normalized spacial score (nSPS) is 22.1. The fraction of sp³-hybridized carbons (Fsp3) is 0.577. The van der Waals surface area contributed by atoms with Crippen molar-refractivity contribution in [1.82, 2.24) is 15.2 Å². The van der Waals surface area contributed by atoms with Gasteiger partial charge in [-0.2, -0.15) is 13.2 Å². The number of alkyl halides is 3. The number of pyridine rings is 1. The van der Waals surface area contributed by atoms with E-state index in [4.69, 9.17) is 0 Å². The fourth-order valence-electron chi connectivity index (χ4n) is 5.26. The second kappa shape index (κ2) is 11.0. The molecule has 208 valence electrons. The zero-order valence-electron chi connectivity index (χ0n) is 21.5. The lowest BCUT2D eigenvalue weighted by Gasteiger charge is -2.35. The Morgan fingerprint density at radius 2 is 1.89 bits per heavy atom. The summed E-state index contributed by atoms with van der Waals surface area (Å²) in [5.74, 6) is -1.72. The van der Waals surface area contributed by atoms with Crippen LogP contribution in [0.15, 0.2) is 29.3 Å². The molecule has 2 aromatic heterocycles. The van der Waals surface area contributed by atoms with Gasteiger partial charge >= 0.3 is 6.18 Å². The number of nitrogens with zero attached hydrogens (tertiary/aromatic N) is 2. The molecule has 2 aromatic rings. The number of aromatic nitrogens is 1. The van der Waals surface area contributed by atoms with E-state index in [0.29, 0.717) is 35.5 Å². The van der Waals surface area contributed by atoms with Gasteiger partial charge in [-0.1, -0.05) is 20.8 Å². The number of fused-ring (bicyclic) bond motifs is 1. The van der Waals surface area contributed by atoms with Crippen LogP contribution >= 0.6 is 11.3 Å². The molecule has 0 aromatic carbocycles. The molecule has 0 saturated heterocycles. The van der Waals surface area contributed by atoms with Crippen molar-refractivity contribution in [3.63, 3.8) is 0 Å².